The van der Waals surface area contributed by atoms with E-state index in [2.05, 4.69) is 6.92 Å². The van der Waals surface area contributed by atoms with Crippen LogP contribution in [0, 0.1) is 13.8 Å². The molecule has 0 atom stereocenters. The number of rotatable bonds is 6. The maximum Gasteiger partial charge on any atom is 0.267 e. The normalized spacial score (nSPS) is 14.0. The van der Waals surface area contributed by atoms with Crippen molar-refractivity contribution in [1.29, 1.82) is 0 Å². The Labute approximate surface area is 185 Å². The molecule has 0 aliphatic carbocycles. The van der Waals surface area contributed by atoms with E-state index in [4.69, 9.17) is 4.98 Å². The standard InChI is InChI=1S/C23H27N3O2S2/c1-4-8-18-16(3)20-21(30-18)24-23(29-14-19(27)25-11-5-6-12-25)26(22(20)28)17-10-7-9-15(2)13-17/h7,9-10,13H,4-6,8,11-12,14H2,1-3H3. The molecule has 0 radical (unpaired) electrons. The third kappa shape index (κ3) is 4.05. The van der Waals surface area contributed by atoms with Gasteiger partial charge in [0.2, 0.25) is 5.91 Å². The van der Waals surface area contributed by atoms with Crippen molar-refractivity contribution in [3.8, 4) is 5.69 Å². The van der Waals surface area contributed by atoms with Crippen LogP contribution in [0.2, 0.25) is 0 Å². The predicted octanol–water partition coefficient (Wildman–Crippen LogP) is 4.73. The van der Waals surface area contributed by atoms with Crippen LogP contribution in [0.1, 0.15) is 42.2 Å². The molecule has 5 nitrogen and oxygen atoms in total. The fourth-order valence-electron chi connectivity index (χ4n) is 3.95. The number of carbonyl (C=O) groups excluding carboxylic acids is 1. The molecule has 0 spiro atoms. The summed E-state index contributed by atoms with van der Waals surface area (Å²) < 4.78 is 1.69. The largest absolute Gasteiger partial charge is 0.342 e. The lowest BCUT2D eigenvalue weighted by Crippen LogP contribution is -2.29. The number of thioether (sulfide) groups is 1. The molecule has 2 aromatic heterocycles. The van der Waals surface area contributed by atoms with E-state index in [-0.39, 0.29) is 11.5 Å². The number of aromatic nitrogens is 2. The van der Waals surface area contributed by atoms with E-state index in [1.54, 1.807) is 15.9 Å². The monoisotopic (exact) mass is 441 g/mol. The van der Waals surface area contributed by atoms with Gasteiger partial charge in [-0.05, 0) is 56.4 Å². The average molecular weight is 442 g/mol. The molecule has 1 aromatic carbocycles. The molecule has 158 valence electrons. The van der Waals surface area contributed by atoms with Crippen molar-refractivity contribution in [2.45, 2.75) is 51.6 Å². The number of hydrogen-bond acceptors (Lipinski definition) is 5. The maximum absolute atomic E-state index is 13.6. The highest BCUT2D eigenvalue weighted by Gasteiger charge is 2.22. The van der Waals surface area contributed by atoms with Crippen LogP contribution in [-0.4, -0.2) is 39.2 Å². The Morgan fingerprint density at radius 3 is 2.70 bits per heavy atom. The Balaban J connectivity index is 1.80. The highest BCUT2D eigenvalue weighted by atomic mass is 32.2. The lowest BCUT2D eigenvalue weighted by atomic mass is 10.1. The molecule has 1 aliphatic rings. The number of amides is 1. The summed E-state index contributed by atoms with van der Waals surface area (Å²) in [5.74, 6) is 0.423. The van der Waals surface area contributed by atoms with Gasteiger partial charge in [0, 0.05) is 18.0 Å². The predicted molar refractivity (Wildman–Crippen MR) is 125 cm³/mol. The molecule has 0 N–H and O–H groups in total. The van der Waals surface area contributed by atoms with Gasteiger partial charge in [-0.25, -0.2) is 4.98 Å². The lowest BCUT2D eigenvalue weighted by Gasteiger charge is -2.16. The van der Waals surface area contributed by atoms with Crippen molar-refractivity contribution in [3.05, 3.63) is 50.6 Å². The summed E-state index contributed by atoms with van der Waals surface area (Å²) in [6.45, 7) is 7.85. The molecular formula is C23H27N3O2S2. The summed E-state index contributed by atoms with van der Waals surface area (Å²) in [5, 5.41) is 1.30. The SMILES string of the molecule is CCCc1sc2nc(SCC(=O)N3CCCC3)n(-c3cccc(C)c3)c(=O)c2c1C. The molecule has 4 rings (SSSR count). The number of thiophene rings is 1. The summed E-state index contributed by atoms with van der Waals surface area (Å²) in [4.78, 5) is 35.0. The van der Waals surface area contributed by atoms with Gasteiger partial charge in [0.05, 0.1) is 16.8 Å². The third-order valence-electron chi connectivity index (χ3n) is 5.55. The molecule has 0 saturated carbocycles. The topological polar surface area (TPSA) is 55.2 Å². The number of fused-ring (bicyclic) bond motifs is 1. The Morgan fingerprint density at radius 2 is 2.00 bits per heavy atom. The number of likely N-dealkylation sites (tertiary alicyclic amines) is 1. The molecule has 7 heteroatoms. The van der Waals surface area contributed by atoms with Gasteiger partial charge in [0.25, 0.3) is 5.56 Å². The first kappa shape index (κ1) is 21.1. The molecule has 0 bridgehead atoms. The van der Waals surface area contributed by atoms with Gasteiger partial charge >= 0.3 is 0 Å². The molecular weight excluding hydrogens is 414 g/mol. The minimum Gasteiger partial charge on any atom is -0.342 e. The van der Waals surface area contributed by atoms with Gasteiger partial charge in [0.15, 0.2) is 5.16 Å². The second-order valence-electron chi connectivity index (χ2n) is 7.83. The van der Waals surface area contributed by atoms with E-state index in [1.807, 2.05) is 43.0 Å². The van der Waals surface area contributed by atoms with Gasteiger partial charge in [0.1, 0.15) is 4.83 Å². The van der Waals surface area contributed by atoms with Crippen LogP contribution in [0.3, 0.4) is 0 Å². The number of carbonyl (C=O) groups is 1. The van der Waals surface area contributed by atoms with Crippen LogP contribution >= 0.6 is 23.1 Å². The highest BCUT2D eigenvalue weighted by molar-refractivity contribution is 7.99. The zero-order chi connectivity index (χ0) is 21.3. The van der Waals surface area contributed by atoms with Crippen LogP contribution in [0.15, 0.2) is 34.2 Å². The van der Waals surface area contributed by atoms with E-state index in [1.165, 1.54) is 16.6 Å². The minimum absolute atomic E-state index is 0.0437. The van der Waals surface area contributed by atoms with Gasteiger partial charge in [-0.1, -0.05) is 37.2 Å². The van der Waals surface area contributed by atoms with E-state index in [9.17, 15) is 9.59 Å². The van der Waals surface area contributed by atoms with Crippen molar-refractivity contribution >= 4 is 39.2 Å². The number of hydrogen-bond donors (Lipinski definition) is 0. The van der Waals surface area contributed by atoms with E-state index in [0.717, 1.165) is 60.4 Å². The second-order valence-corrected chi connectivity index (χ2v) is 9.86. The smallest absolute Gasteiger partial charge is 0.267 e. The van der Waals surface area contributed by atoms with Crippen LogP contribution in [0.25, 0.3) is 15.9 Å². The fourth-order valence-corrected chi connectivity index (χ4v) is 6.19. The lowest BCUT2D eigenvalue weighted by molar-refractivity contribution is -0.127. The summed E-state index contributed by atoms with van der Waals surface area (Å²) in [5.41, 5.74) is 2.88. The van der Waals surface area contributed by atoms with Crippen LogP contribution in [-0.2, 0) is 11.2 Å². The Kier molecular flexibility index (Phi) is 6.29. The third-order valence-corrected chi connectivity index (χ3v) is 7.72. The van der Waals surface area contributed by atoms with Gasteiger partial charge < -0.3 is 4.90 Å². The van der Waals surface area contributed by atoms with Crippen LogP contribution in [0.5, 0.6) is 0 Å². The molecule has 0 unspecified atom stereocenters. The highest BCUT2D eigenvalue weighted by Crippen LogP contribution is 2.31. The number of benzene rings is 1. The molecule has 30 heavy (non-hydrogen) atoms. The summed E-state index contributed by atoms with van der Waals surface area (Å²) in [6.07, 6.45) is 4.13. The summed E-state index contributed by atoms with van der Waals surface area (Å²) >= 11 is 2.98. The van der Waals surface area contributed by atoms with Crippen molar-refractivity contribution in [2.75, 3.05) is 18.8 Å². The van der Waals surface area contributed by atoms with E-state index >= 15 is 0 Å². The summed E-state index contributed by atoms with van der Waals surface area (Å²) in [7, 11) is 0. The van der Waals surface area contributed by atoms with Crippen molar-refractivity contribution in [1.82, 2.24) is 14.5 Å². The number of nitrogens with zero attached hydrogens (tertiary/aromatic N) is 3. The second kappa shape index (κ2) is 8.94. The Morgan fingerprint density at radius 1 is 1.23 bits per heavy atom. The van der Waals surface area contributed by atoms with Crippen molar-refractivity contribution in [2.24, 2.45) is 0 Å². The molecule has 1 amide bonds. The van der Waals surface area contributed by atoms with E-state index < -0.39 is 0 Å². The minimum atomic E-state index is -0.0437. The van der Waals surface area contributed by atoms with Crippen molar-refractivity contribution in [3.63, 3.8) is 0 Å². The Hall–Kier alpha value is -2.12. The van der Waals surface area contributed by atoms with Crippen LogP contribution < -0.4 is 5.56 Å². The van der Waals surface area contributed by atoms with Crippen LogP contribution in [0.4, 0.5) is 0 Å². The quantitative estimate of drug-likeness (QED) is 0.410. The van der Waals surface area contributed by atoms with Gasteiger partial charge in [-0.15, -0.1) is 11.3 Å². The summed E-state index contributed by atoms with van der Waals surface area (Å²) in [6, 6.07) is 7.90. The first-order chi connectivity index (χ1) is 14.5. The maximum atomic E-state index is 13.6. The van der Waals surface area contributed by atoms with Crippen molar-refractivity contribution < 1.29 is 4.79 Å². The zero-order valence-corrected chi connectivity index (χ0v) is 19.4. The van der Waals surface area contributed by atoms with E-state index in [0.29, 0.717) is 16.3 Å². The first-order valence-electron chi connectivity index (χ1n) is 10.5. The molecule has 1 fully saturated rings. The average Bonchev–Trinajstić information content (AvgIpc) is 3.35. The molecule has 3 heterocycles. The molecule has 1 saturated heterocycles. The van der Waals surface area contributed by atoms with Gasteiger partial charge in [-0.2, -0.15) is 0 Å². The molecule has 1 aliphatic heterocycles. The Bertz CT molecular complexity index is 1140. The van der Waals surface area contributed by atoms with Gasteiger partial charge in [-0.3, -0.25) is 14.2 Å². The zero-order valence-electron chi connectivity index (χ0n) is 17.7. The fraction of sp³-hybridized carbons (Fsp3) is 0.435. The number of aryl methyl sites for hydroxylation is 3. The first-order valence-corrected chi connectivity index (χ1v) is 12.3. The molecule has 3 aromatic rings.